The molecule has 19 heavy (non-hydrogen) atoms. The molecule has 2 heterocycles. The number of hydrogen-bond acceptors (Lipinski definition) is 4. The van der Waals surface area contributed by atoms with Crippen LogP contribution in [-0.2, 0) is 14.3 Å². The summed E-state index contributed by atoms with van der Waals surface area (Å²) in [6.07, 6.45) is 3.24. The Balaban J connectivity index is 1.72. The van der Waals surface area contributed by atoms with Gasteiger partial charge in [-0.15, -0.1) is 0 Å². The third-order valence-corrected chi connectivity index (χ3v) is 4.09. The molecule has 0 spiro atoms. The number of piperidine rings is 1. The molecule has 0 aliphatic carbocycles. The molecule has 2 fully saturated rings. The molecular weight excluding hydrogens is 244 g/mol. The van der Waals surface area contributed by atoms with Crippen LogP contribution in [0.25, 0.3) is 0 Å². The summed E-state index contributed by atoms with van der Waals surface area (Å²) in [5, 5.41) is 3.28. The van der Waals surface area contributed by atoms with Gasteiger partial charge in [0.25, 0.3) is 0 Å². The van der Waals surface area contributed by atoms with Crippen LogP contribution in [0.15, 0.2) is 0 Å². The van der Waals surface area contributed by atoms with E-state index in [4.69, 9.17) is 4.74 Å². The molecule has 0 aromatic heterocycles. The molecule has 0 saturated carbocycles. The van der Waals surface area contributed by atoms with Crippen molar-refractivity contribution in [1.29, 1.82) is 0 Å². The third kappa shape index (κ3) is 3.93. The van der Waals surface area contributed by atoms with E-state index in [1.54, 1.807) is 0 Å². The predicted octanol–water partition coefficient (Wildman–Crippen LogP) is 0.788. The molecule has 2 saturated heterocycles. The van der Waals surface area contributed by atoms with Crippen LogP contribution >= 0.6 is 0 Å². The molecule has 108 valence electrons. The second-order valence-corrected chi connectivity index (χ2v) is 5.47. The fourth-order valence-electron chi connectivity index (χ4n) is 2.89. The van der Waals surface area contributed by atoms with Gasteiger partial charge in [0.1, 0.15) is 0 Å². The van der Waals surface area contributed by atoms with Crippen LogP contribution in [0, 0.1) is 11.8 Å². The zero-order valence-corrected chi connectivity index (χ0v) is 11.7. The zero-order valence-electron chi connectivity index (χ0n) is 11.7. The Morgan fingerprint density at radius 1 is 1.26 bits per heavy atom. The highest BCUT2D eigenvalue weighted by Crippen LogP contribution is 2.21. The molecule has 0 radical (unpaired) electrons. The Labute approximate surface area is 114 Å². The molecule has 5 nitrogen and oxygen atoms in total. The molecule has 1 N–H and O–H groups in total. The lowest BCUT2D eigenvalue weighted by molar-refractivity contribution is -0.151. The maximum atomic E-state index is 12.1. The van der Waals surface area contributed by atoms with Crippen LogP contribution < -0.4 is 5.32 Å². The molecule has 0 aromatic carbocycles. The number of nitrogens with zero attached hydrogens (tertiary/aromatic N) is 1. The van der Waals surface area contributed by atoms with Gasteiger partial charge in [-0.05, 0) is 45.2 Å². The number of likely N-dealkylation sites (tertiary alicyclic amines) is 1. The summed E-state index contributed by atoms with van der Waals surface area (Å²) >= 11 is 0. The molecule has 2 aliphatic rings. The summed E-state index contributed by atoms with van der Waals surface area (Å²) in [5.41, 5.74) is 0. The fraction of sp³-hybridized carbons (Fsp3) is 0.857. The van der Waals surface area contributed by atoms with Crippen LogP contribution in [-0.4, -0.2) is 49.6 Å². The number of carbonyl (C=O) groups is 2. The van der Waals surface area contributed by atoms with E-state index in [0.717, 1.165) is 32.4 Å². The van der Waals surface area contributed by atoms with E-state index in [-0.39, 0.29) is 17.8 Å². The summed E-state index contributed by atoms with van der Waals surface area (Å²) in [7, 11) is 0. The minimum Gasteiger partial charge on any atom is -0.466 e. The van der Waals surface area contributed by atoms with Crippen molar-refractivity contribution >= 4 is 11.9 Å². The van der Waals surface area contributed by atoms with Crippen LogP contribution in [0.1, 0.15) is 32.6 Å². The molecule has 1 amide bonds. The van der Waals surface area contributed by atoms with Crippen molar-refractivity contribution in [1.82, 2.24) is 10.2 Å². The largest absolute Gasteiger partial charge is 0.466 e. The van der Waals surface area contributed by atoms with Crippen LogP contribution in [0.2, 0.25) is 0 Å². The molecule has 1 atom stereocenters. The highest BCUT2D eigenvalue weighted by atomic mass is 16.5. The lowest BCUT2D eigenvalue weighted by Crippen LogP contribution is -2.41. The van der Waals surface area contributed by atoms with Gasteiger partial charge >= 0.3 is 5.97 Å². The lowest BCUT2D eigenvalue weighted by Gasteiger charge is -2.31. The molecule has 0 aromatic rings. The number of esters is 1. The van der Waals surface area contributed by atoms with E-state index >= 15 is 0 Å². The predicted molar refractivity (Wildman–Crippen MR) is 71.5 cm³/mol. The van der Waals surface area contributed by atoms with E-state index in [1.165, 1.54) is 0 Å². The molecule has 2 rings (SSSR count). The summed E-state index contributed by atoms with van der Waals surface area (Å²) in [6, 6.07) is 0. The third-order valence-electron chi connectivity index (χ3n) is 4.09. The number of ether oxygens (including phenoxy) is 1. The normalized spacial score (nSPS) is 24.5. The SMILES string of the molecule is CCOC(=O)C1CCN(C(=O)CC2CCNC2)CC1. The summed E-state index contributed by atoms with van der Waals surface area (Å²) in [4.78, 5) is 25.7. The van der Waals surface area contributed by atoms with Crippen molar-refractivity contribution in [2.24, 2.45) is 11.8 Å². The summed E-state index contributed by atoms with van der Waals surface area (Å²) in [6.45, 7) is 5.65. The number of carbonyl (C=O) groups excluding carboxylic acids is 2. The summed E-state index contributed by atoms with van der Waals surface area (Å²) in [5.74, 6) is 0.623. The van der Waals surface area contributed by atoms with Crippen molar-refractivity contribution in [2.45, 2.75) is 32.6 Å². The Morgan fingerprint density at radius 3 is 2.58 bits per heavy atom. The van der Waals surface area contributed by atoms with Crippen molar-refractivity contribution in [3.8, 4) is 0 Å². The maximum Gasteiger partial charge on any atom is 0.309 e. The average molecular weight is 268 g/mol. The van der Waals surface area contributed by atoms with Gasteiger partial charge in [-0.3, -0.25) is 9.59 Å². The van der Waals surface area contributed by atoms with E-state index in [2.05, 4.69) is 5.32 Å². The highest BCUT2D eigenvalue weighted by molar-refractivity contribution is 5.77. The minimum atomic E-state index is -0.102. The second-order valence-electron chi connectivity index (χ2n) is 5.47. The van der Waals surface area contributed by atoms with Crippen molar-refractivity contribution in [2.75, 3.05) is 32.8 Å². The van der Waals surface area contributed by atoms with Gasteiger partial charge in [-0.2, -0.15) is 0 Å². The Morgan fingerprint density at radius 2 is 2.00 bits per heavy atom. The topological polar surface area (TPSA) is 58.6 Å². The standard InChI is InChI=1S/C14H24N2O3/c1-2-19-14(18)12-4-7-16(8-5-12)13(17)9-11-3-6-15-10-11/h11-12,15H,2-10H2,1H3. The van der Waals surface area contributed by atoms with Crippen molar-refractivity contribution in [3.63, 3.8) is 0 Å². The summed E-state index contributed by atoms with van der Waals surface area (Å²) < 4.78 is 5.03. The lowest BCUT2D eigenvalue weighted by atomic mass is 9.96. The van der Waals surface area contributed by atoms with E-state index in [1.807, 2.05) is 11.8 Å². The second kappa shape index (κ2) is 6.89. The van der Waals surface area contributed by atoms with Gasteiger partial charge in [-0.25, -0.2) is 0 Å². The molecule has 2 aliphatic heterocycles. The van der Waals surface area contributed by atoms with E-state index < -0.39 is 0 Å². The van der Waals surface area contributed by atoms with Gasteiger partial charge < -0.3 is 15.0 Å². The first kappa shape index (κ1) is 14.3. The van der Waals surface area contributed by atoms with Gasteiger partial charge in [0.15, 0.2) is 0 Å². The Kier molecular flexibility index (Phi) is 5.19. The zero-order chi connectivity index (χ0) is 13.7. The first-order valence-electron chi connectivity index (χ1n) is 7.35. The first-order chi connectivity index (χ1) is 9.20. The fourth-order valence-corrected chi connectivity index (χ4v) is 2.89. The number of amides is 1. The molecule has 5 heteroatoms. The highest BCUT2D eigenvalue weighted by Gasteiger charge is 2.29. The van der Waals surface area contributed by atoms with Crippen LogP contribution in [0.5, 0.6) is 0 Å². The number of hydrogen-bond donors (Lipinski definition) is 1. The Hall–Kier alpha value is -1.10. The Bertz CT molecular complexity index is 319. The van der Waals surface area contributed by atoms with Gasteiger partial charge in [0.05, 0.1) is 12.5 Å². The monoisotopic (exact) mass is 268 g/mol. The van der Waals surface area contributed by atoms with Gasteiger partial charge in [0.2, 0.25) is 5.91 Å². The van der Waals surface area contributed by atoms with E-state index in [0.29, 0.717) is 32.0 Å². The van der Waals surface area contributed by atoms with E-state index in [9.17, 15) is 9.59 Å². The van der Waals surface area contributed by atoms with Crippen LogP contribution in [0.4, 0.5) is 0 Å². The number of nitrogens with one attached hydrogen (secondary N) is 1. The smallest absolute Gasteiger partial charge is 0.309 e. The molecular formula is C14H24N2O3. The first-order valence-corrected chi connectivity index (χ1v) is 7.35. The van der Waals surface area contributed by atoms with Crippen LogP contribution in [0.3, 0.4) is 0 Å². The number of rotatable bonds is 4. The maximum absolute atomic E-state index is 12.1. The quantitative estimate of drug-likeness (QED) is 0.766. The van der Waals surface area contributed by atoms with Crippen molar-refractivity contribution in [3.05, 3.63) is 0 Å². The van der Waals surface area contributed by atoms with Gasteiger partial charge in [-0.1, -0.05) is 0 Å². The average Bonchev–Trinajstić information content (AvgIpc) is 2.92. The van der Waals surface area contributed by atoms with Crippen molar-refractivity contribution < 1.29 is 14.3 Å². The molecule has 1 unspecified atom stereocenters. The minimum absolute atomic E-state index is 0.0165. The molecule has 0 bridgehead atoms. The van der Waals surface area contributed by atoms with Gasteiger partial charge in [0, 0.05) is 19.5 Å².